The third kappa shape index (κ3) is 3.35. The highest BCUT2D eigenvalue weighted by atomic mass is 79.9. The SMILES string of the molecule is C=CCOc1c(Br)cc(C(C)(C)C)cc1C(=O)O. The van der Waals surface area contributed by atoms with Gasteiger partial charge >= 0.3 is 5.97 Å². The standard InChI is InChI=1S/C14H17BrO3/c1-5-6-18-12-10(13(16)17)7-9(8-11(12)15)14(2,3)4/h5,7-8H,1,6H2,2-4H3,(H,16,17). The van der Waals surface area contributed by atoms with Gasteiger partial charge in [0.2, 0.25) is 0 Å². The van der Waals surface area contributed by atoms with Crippen molar-refractivity contribution in [1.29, 1.82) is 0 Å². The van der Waals surface area contributed by atoms with E-state index in [0.29, 0.717) is 10.2 Å². The van der Waals surface area contributed by atoms with E-state index in [0.717, 1.165) is 5.56 Å². The molecule has 0 saturated heterocycles. The molecule has 98 valence electrons. The highest BCUT2D eigenvalue weighted by molar-refractivity contribution is 9.10. The highest BCUT2D eigenvalue weighted by Crippen LogP contribution is 2.35. The van der Waals surface area contributed by atoms with E-state index in [-0.39, 0.29) is 17.6 Å². The molecule has 1 aromatic rings. The molecule has 0 heterocycles. The van der Waals surface area contributed by atoms with Crippen LogP contribution in [0.3, 0.4) is 0 Å². The number of benzene rings is 1. The van der Waals surface area contributed by atoms with E-state index >= 15 is 0 Å². The Balaban J connectivity index is 3.36. The summed E-state index contributed by atoms with van der Waals surface area (Å²) in [6.07, 6.45) is 1.58. The second kappa shape index (κ2) is 5.57. The van der Waals surface area contributed by atoms with Gasteiger partial charge in [-0.3, -0.25) is 0 Å². The van der Waals surface area contributed by atoms with Crippen LogP contribution >= 0.6 is 15.9 Å². The first-order chi connectivity index (χ1) is 8.27. The van der Waals surface area contributed by atoms with Gasteiger partial charge in [0.15, 0.2) is 0 Å². The molecule has 1 aromatic carbocycles. The van der Waals surface area contributed by atoms with Crippen molar-refractivity contribution in [3.8, 4) is 5.75 Å². The van der Waals surface area contributed by atoms with Crippen LogP contribution in [-0.4, -0.2) is 17.7 Å². The normalized spacial score (nSPS) is 11.1. The Labute approximate surface area is 116 Å². The van der Waals surface area contributed by atoms with Crippen LogP contribution in [0.2, 0.25) is 0 Å². The molecule has 1 N–H and O–H groups in total. The number of carboxylic acid groups (broad SMARTS) is 1. The Morgan fingerprint density at radius 3 is 2.56 bits per heavy atom. The Morgan fingerprint density at radius 2 is 2.11 bits per heavy atom. The Bertz CT molecular complexity index is 473. The summed E-state index contributed by atoms with van der Waals surface area (Å²) in [5.41, 5.74) is 0.984. The van der Waals surface area contributed by atoms with E-state index in [2.05, 4.69) is 22.5 Å². The monoisotopic (exact) mass is 312 g/mol. The lowest BCUT2D eigenvalue weighted by Crippen LogP contribution is -2.14. The number of carbonyl (C=O) groups is 1. The molecule has 0 aliphatic rings. The van der Waals surface area contributed by atoms with Crippen LogP contribution in [0.1, 0.15) is 36.7 Å². The Kier molecular flexibility index (Phi) is 4.57. The molecule has 0 radical (unpaired) electrons. The average molecular weight is 313 g/mol. The summed E-state index contributed by atoms with van der Waals surface area (Å²) < 4.78 is 6.05. The predicted octanol–water partition coefficient (Wildman–Crippen LogP) is 4.01. The zero-order valence-corrected chi connectivity index (χ0v) is 12.4. The number of ether oxygens (including phenoxy) is 1. The lowest BCUT2D eigenvalue weighted by molar-refractivity contribution is 0.0692. The van der Waals surface area contributed by atoms with E-state index in [1.165, 1.54) is 0 Å². The van der Waals surface area contributed by atoms with Gasteiger partial charge in [-0.15, -0.1) is 0 Å². The molecule has 0 fully saturated rings. The fourth-order valence-electron chi connectivity index (χ4n) is 1.47. The minimum atomic E-state index is -0.999. The fourth-order valence-corrected chi connectivity index (χ4v) is 2.05. The quantitative estimate of drug-likeness (QED) is 0.854. The van der Waals surface area contributed by atoms with Crippen LogP contribution < -0.4 is 4.74 Å². The smallest absolute Gasteiger partial charge is 0.339 e. The first-order valence-corrected chi connectivity index (χ1v) is 6.37. The molecule has 0 atom stereocenters. The van der Waals surface area contributed by atoms with Crippen LogP contribution in [0.25, 0.3) is 0 Å². The molecule has 0 unspecified atom stereocenters. The molecule has 0 amide bonds. The number of hydrogen-bond acceptors (Lipinski definition) is 2. The third-order valence-electron chi connectivity index (χ3n) is 2.49. The second-order valence-corrected chi connectivity index (χ2v) is 5.84. The third-order valence-corrected chi connectivity index (χ3v) is 3.07. The van der Waals surface area contributed by atoms with Gasteiger partial charge in [0.1, 0.15) is 17.9 Å². The van der Waals surface area contributed by atoms with E-state index in [9.17, 15) is 9.90 Å². The minimum absolute atomic E-state index is 0.121. The maximum Gasteiger partial charge on any atom is 0.339 e. The fraction of sp³-hybridized carbons (Fsp3) is 0.357. The second-order valence-electron chi connectivity index (χ2n) is 4.99. The zero-order chi connectivity index (χ0) is 13.9. The molecule has 0 aliphatic carbocycles. The topological polar surface area (TPSA) is 46.5 Å². The van der Waals surface area contributed by atoms with Gasteiger partial charge in [-0.05, 0) is 39.0 Å². The molecule has 0 aliphatic heterocycles. The summed E-state index contributed by atoms with van der Waals surface area (Å²) in [5.74, 6) is -0.656. The summed E-state index contributed by atoms with van der Waals surface area (Å²) in [4.78, 5) is 11.3. The lowest BCUT2D eigenvalue weighted by atomic mass is 9.86. The molecule has 0 saturated carbocycles. The van der Waals surface area contributed by atoms with Gasteiger partial charge < -0.3 is 9.84 Å². The predicted molar refractivity (Wildman–Crippen MR) is 75.5 cm³/mol. The largest absolute Gasteiger partial charge is 0.487 e. The average Bonchev–Trinajstić information content (AvgIpc) is 2.25. The van der Waals surface area contributed by atoms with Crippen LogP contribution in [0.5, 0.6) is 5.75 Å². The Morgan fingerprint density at radius 1 is 1.50 bits per heavy atom. The van der Waals surface area contributed by atoms with Crippen LogP contribution in [0, 0.1) is 0 Å². The first kappa shape index (κ1) is 14.8. The van der Waals surface area contributed by atoms with Crippen molar-refractivity contribution < 1.29 is 14.6 Å². The zero-order valence-electron chi connectivity index (χ0n) is 10.8. The lowest BCUT2D eigenvalue weighted by Gasteiger charge is -2.21. The van der Waals surface area contributed by atoms with Gasteiger partial charge in [0.25, 0.3) is 0 Å². The number of aromatic carboxylic acids is 1. The van der Waals surface area contributed by atoms with Crippen molar-refractivity contribution in [2.45, 2.75) is 26.2 Å². The summed E-state index contributed by atoms with van der Waals surface area (Å²) in [6.45, 7) is 9.92. The molecule has 1 rings (SSSR count). The summed E-state index contributed by atoms with van der Waals surface area (Å²) >= 11 is 3.37. The van der Waals surface area contributed by atoms with Crippen molar-refractivity contribution in [2.24, 2.45) is 0 Å². The van der Waals surface area contributed by atoms with Crippen LogP contribution in [0.4, 0.5) is 0 Å². The molecule has 0 bridgehead atoms. The molecule has 0 spiro atoms. The highest BCUT2D eigenvalue weighted by Gasteiger charge is 2.21. The van der Waals surface area contributed by atoms with Gasteiger partial charge in [-0.25, -0.2) is 4.79 Å². The summed E-state index contributed by atoms with van der Waals surface area (Å²) in [5, 5.41) is 9.25. The van der Waals surface area contributed by atoms with E-state index < -0.39 is 5.97 Å². The van der Waals surface area contributed by atoms with Gasteiger partial charge in [-0.1, -0.05) is 33.4 Å². The van der Waals surface area contributed by atoms with Crippen LogP contribution in [-0.2, 0) is 5.41 Å². The number of rotatable bonds is 4. The summed E-state index contributed by atoms with van der Waals surface area (Å²) in [6, 6.07) is 3.55. The van der Waals surface area contributed by atoms with Crippen molar-refractivity contribution in [1.82, 2.24) is 0 Å². The molecule has 18 heavy (non-hydrogen) atoms. The molecule has 4 heteroatoms. The number of halogens is 1. The molecule has 3 nitrogen and oxygen atoms in total. The van der Waals surface area contributed by atoms with Crippen molar-refractivity contribution in [3.05, 3.63) is 40.4 Å². The van der Waals surface area contributed by atoms with Gasteiger partial charge in [0, 0.05) is 0 Å². The maximum absolute atomic E-state index is 11.3. The van der Waals surface area contributed by atoms with Crippen molar-refractivity contribution in [2.75, 3.05) is 6.61 Å². The molecule has 0 aromatic heterocycles. The minimum Gasteiger partial charge on any atom is -0.487 e. The van der Waals surface area contributed by atoms with E-state index in [4.69, 9.17) is 4.74 Å². The first-order valence-electron chi connectivity index (χ1n) is 5.58. The summed E-state index contributed by atoms with van der Waals surface area (Å²) in [7, 11) is 0. The van der Waals surface area contributed by atoms with Crippen molar-refractivity contribution >= 4 is 21.9 Å². The molecular weight excluding hydrogens is 296 g/mol. The van der Waals surface area contributed by atoms with Crippen LogP contribution in [0.15, 0.2) is 29.3 Å². The van der Waals surface area contributed by atoms with Gasteiger partial charge in [-0.2, -0.15) is 0 Å². The van der Waals surface area contributed by atoms with E-state index in [1.54, 1.807) is 12.1 Å². The number of hydrogen-bond donors (Lipinski definition) is 1. The molecular formula is C14H17BrO3. The van der Waals surface area contributed by atoms with Gasteiger partial charge in [0.05, 0.1) is 4.47 Å². The maximum atomic E-state index is 11.3. The van der Waals surface area contributed by atoms with E-state index in [1.807, 2.05) is 26.8 Å². The number of carboxylic acids is 1. The van der Waals surface area contributed by atoms with Crippen molar-refractivity contribution in [3.63, 3.8) is 0 Å². The Hall–Kier alpha value is -1.29.